The summed E-state index contributed by atoms with van der Waals surface area (Å²) in [5.74, 6) is 1.60. The third-order valence-corrected chi connectivity index (χ3v) is 4.12. The van der Waals surface area contributed by atoms with Gasteiger partial charge in [0, 0.05) is 18.4 Å². The lowest BCUT2D eigenvalue weighted by Crippen LogP contribution is -2.45. The standard InChI is InChI=1S/C15H21N3O2S/c1-15(2,3)8-13(19)18-10-21-9-11(18)14(20)17-12-6-4-5-7-16-12/h4-7,11H,8-10H2,1-3H3,(H,16,17,20). The lowest BCUT2D eigenvalue weighted by Gasteiger charge is -2.26. The molecule has 1 aromatic rings. The molecule has 0 saturated carbocycles. The molecule has 0 aliphatic carbocycles. The minimum Gasteiger partial charge on any atom is -0.321 e. The third-order valence-electron chi connectivity index (χ3n) is 3.10. The van der Waals surface area contributed by atoms with Crippen molar-refractivity contribution in [1.82, 2.24) is 9.88 Å². The Morgan fingerprint density at radius 1 is 1.43 bits per heavy atom. The molecule has 1 fully saturated rings. The maximum atomic E-state index is 12.3. The number of hydrogen-bond acceptors (Lipinski definition) is 4. The monoisotopic (exact) mass is 307 g/mol. The van der Waals surface area contributed by atoms with Crippen molar-refractivity contribution in [2.24, 2.45) is 5.41 Å². The summed E-state index contributed by atoms with van der Waals surface area (Å²) >= 11 is 1.61. The van der Waals surface area contributed by atoms with E-state index < -0.39 is 6.04 Å². The fraction of sp³-hybridized carbons (Fsp3) is 0.533. The van der Waals surface area contributed by atoms with Crippen molar-refractivity contribution in [2.75, 3.05) is 16.9 Å². The summed E-state index contributed by atoms with van der Waals surface area (Å²) in [5.41, 5.74) is -0.0770. The van der Waals surface area contributed by atoms with Gasteiger partial charge in [0.05, 0.1) is 5.88 Å². The summed E-state index contributed by atoms with van der Waals surface area (Å²) < 4.78 is 0. The molecule has 1 N–H and O–H groups in total. The molecule has 6 heteroatoms. The van der Waals surface area contributed by atoms with Gasteiger partial charge in [-0.15, -0.1) is 11.8 Å². The number of rotatable bonds is 3. The highest BCUT2D eigenvalue weighted by Gasteiger charge is 2.35. The van der Waals surface area contributed by atoms with E-state index in [4.69, 9.17) is 0 Å². The van der Waals surface area contributed by atoms with Crippen LogP contribution in [0.15, 0.2) is 24.4 Å². The maximum Gasteiger partial charge on any atom is 0.249 e. The number of aromatic nitrogens is 1. The van der Waals surface area contributed by atoms with Gasteiger partial charge in [-0.25, -0.2) is 4.98 Å². The number of carbonyl (C=O) groups excluding carboxylic acids is 2. The number of nitrogens with zero attached hydrogens (tertiary/aromatic N) is 2. The van der Waals surface area contributed by atoms with Crippen LogP contribution in [0.4, 0.5) is 5.82 Å². The first-order valence-electron chi connectivity index (χ1n) is 6.96. The highest BCUT2D eigenvalue weighted by molar-refractivity contribution is 7.99. The summed E-state index contributed by atoms with van der Waals surface area (Å²) in [6.07, 6.45) is 2.07. The molecule has 21 heavy (non-hydrogen) atoms. The third kappa shape index (κ3) is 4.46. The number of thioether (sulfide) groups is 1. The zero-order valence-corrected chi connectivity index (χ0v) is 13.4. The molecule has 0 aromatic carbocycles. The van der Waals surface area contributed by atoms with Crippen molar-refractivity contribution < 1.29 is 9.59 Å². The van der Waals surface area contributed by atoms with Crippen molar-refractivity contribution in [1.29, 1.82) is 0 Å². The molecule has 2 rings (SSSR count). The molecule has 1 aliphatic rings. The number of pyridine rings is 1. The van der Waals surface area contributed by atoms with Gasteiger partial charge in [0.1, 0.15) is 11.9 Å². The average Bonchev–Trinajstić information content (AvgIpc) is 2.87. The van der Waals surface area contributed by atoms with E-state index in [9.17, 15) is 9.59 Å². The summed E-state index contributed by atoms with van der Waals surface area (Å²) in [6.45, 7) is 6.07. The molecule has 114 valence electrons. The quantitative estimate of drug-likeness (QED) is 0.931. The topological polar surface area (TPSA) is 62.3 Å². The van der Waals surface area contributed by atoms with Crippen LogP contribution in [0.2, 0.25) is 0 Å². The van der Waals surface area contributed by atoms with Crippen molar-refractivity contribution in [2.45, 2.75) is 33.2 Å². The molecule has 2 amide bonds. The zero-order valence-electron chi connectivity index (χ0n) is 12.6. The van der Waals surface area contributed by atoms with E-state index >= 15 is 0 Å². The summed E-state index contributed by atoms with van der Waals surface area (Å²) in [4.78, 5) is 30.4. The van der Waals surface area contributed by atoms with Gasteiger partial charge < -0.3 is 10.2 Å². The van der Waals surface area contributed by atoms with E-state index in [1.165, 1.54) is 0 Å². The second-order valence-electron chi connectivity index (χ2n) is 6.32. The van der Waals surface area contributed by atoms with Crippen LogP contribution >= 0.6 is 11.8 Å². The second kappa shape index (κ2) is 6.47. The van der Waals surface area contributed by atoms with Crippen molar-refractivity contribution in [3.8, 4) is 0 Å². The van der Waals surface area contributed by atoms with E-state index in [1.54, 1.807) is 35.0 Å². The fourth-order valence-electron chi connectivity index (χ4n) is 2.11. The lowest BCUT2D eigenvalue weighted by molar-refractivity contribution is -0.137. The highest BCUT2D eigenvalue weighted by Crippen LogP contribution is 2.27. The molecule has 1 aromatic heterocycles. The van der Waals surface area contributed by atoms with Crippen LogP contribution in [0.5, 0.6) is 0 Å². The van der Waals surface area contributed by atoms with Crippen LogP contribution in [0.1, 0.15) is 27.2 Å². The van der Waals surface area contributed by atoms with Crippen LogP contribution in [0.25, 0.3) is 0 Å². The first-order chi connectivity index (χ1) is 9.87. The predicted octanol–water partition coefficient (Wildman–Crippen LogP) is 2.36. The Bertz CT molecular complexity index is 513. The number of hydrogen-bond donors (Lipinski definition) is 1. The molecular weight excluding hydrogens is 286 g/mol. The Hall–Kier alpha value is -1.56. The van der Waals surface area contributed by atoms with Gasteiger partial charge in [-0.3, -0.25) is 9.59 Å². The van der Waals surface area contributed by atoms with Crippen molar-refractivity contribution in [3.63, 3.8) is 0 Å². The van der Waals surface area contributed by atoms with Gasteiger partial charge >= 0.3 is 0 Å². The van der Waals surface area contributed by atoms with Crippen LogP contribution < -0.4 is 5.32 Å². The highest BCUT2D eigenvalue weighted by atomic mass is 32.2. The fourth-order valence-corrected chi connectivity index (χ4v) is 3.29. The Balaban J connectivity index is 2.01. The van der Waals surface area contributed by atoms with Gasteiger partial charge in [0.15, 0.2) is 0 Å². The molecule has 1 aliphatic heterocycles. The van der Waals surface area contributed by atoms with E-state index in [2.05, 4.69) is 10.3 Å². The summed E-state index contributed by atoms with van der Waals surface area (Å²) in [5, 5.41) is 2.77. The SMILES string of the molecule is CC(C)(C)CC(=O)N1CSCC1C(=O)Nc1ccccn1. The lowest BCUT2D eigenvalue weighted by atomic mass is 9.91. The molecular formula is C15H21N3O2S. The van der Waals surface area contributed by atoms with Crippen LogP contribution in [0, 0.1) is 5.41 Å². The first kappa shape index (κ1) is 15.8. The Morgan fingerprint density at radius 2 is 2.19 bits per heavy atom. The number of nitrogens with one attached hydrogen (secondary N) is 1. The maximum absolute atomic E-state index is 12.3. The van der Waals surface area contributed by atoms with Crippen LogP contribution in [-0.4, -0.2) is 39.4 Å². The molecule has 0 radical (unpaired) electrons. The molecule has 0 spiro atoms. The molecule has 1 atom stereocenters. The van der Waals surface area contributed by atoms with Crippen molar-refractivity contribution in [3.05, 3.63) is 24.4 Å². The van der Waals surface area contributed by atoms with E-state index in [-0.39, 0.29) is 17.2 Å². The smallest absolute Gasteiger partial charge is 0.249 e. The number of amides is 2. The minimum atomic E-state index is -0.410. The number of carbonyl (C=O) groups is 2. The van der Waals surface area contributed by atoms with Crippen LogP contribution in [-0.2, 0) is 9.59 Å². The summed E-state index contributed by atoms with van der Waals surface area (Å²) in [6, 6.07) is 4.93. The Kier molecular flexibility index (Phi) is 4.88. The van der Waals surface area contributed by atoms with Gasteiger partial charge in [0.2, 0.25) is 11.8 Å². The molecule has 1 unspecified atom stereocenters. The normalized spacial score (nSPS) is 18.6. The van der Waals surface area contributed by atoms with Gasteiger partial charge in [-0.1, -0.05) is 26.8 Å². The van der Waals surface area contributed by atoms with Gasteiger partial charge in [-0.05, 0) is 17.5 Å². The van der Waals surface area contributed by atoms with Gasteiger partial charge in [0.25, 0.3) is 0 Å². The zero-order chi connectivity index (χ0) is 15.5. The first-order valence-corrected chi connectivity index (χ1v) is 8.11. The van der Waals surface area contributed by atoms with E-state index in [0.717, 1.165) is 0 Å². The second-order valence-corrected chi connectivity index (χ2v) is 7.32. The molecule has 0 bridgehead atoms. The Morgan fingerprint density at radius 3 is 2.81 bits per heavy atom. The van der Waals surface area contributed by atoms with Crippen LogP contribution in [0.3, 0.4) is 0 Å². The minimum absolute atomic E-state index is 0.0358. The predicted molar refractivity (Wildman–Crippen MR) is 84.9 cm³/mol. The van der Waals surface area contributed by atoms with E-state index in [0.29, 0.717) is 23.9 Å². The van der Waals surface area contributed by atoms with Gasteiger partial charge in [-0.2, -0.15) is 0 Å². The summed E-state index contributed by atoms with van der Waals surface area (Å²) in [7, 11) is 0. The molecule has 5 nitrogen and oxygen atoms in total. The van der Waals surface area contributed by atoms with Crippen molar-refractivity contribution >= 4 is 29.4 Å². The molecule has 1 saturated heterocycles. The number of anilines is 1. The average molecular weight is 307 g/mol. The largest absolute Gasteiger partial charge is 0.321 e. The molecule has 2 heterocycles. The van der Waals surface area contributed by atoms with E-state index in [1.807, 2.05) is 26.8 Å². The Labute approximate surface area is 129 Å².